The Labute approximate surface area is 157 Å². The molecule has 0 heterocycles. The van der Waals surface area contributed by atoms with Crippen molar-refractivity contribution in [2.24, 2.45) is 10.9 Å². The van der Waals surface area contributed by atoms with Crippen LogP contribution < -0.4 is 16.5 Å². The quantitative estimate of drug-likeness (QED) is 0.195. The number of nitrogens with two attached hydrogens (primary N) is 1. The predicted molar refractivity (Wildman–Crippen MR) is 98.5 cm³/mol. The molecular weight excluding hydrogens is 364 g/mol. The molecule has 0 aliphatic carbocycles. The van der Waals surface area contributed by atoms with E-state index in [2.05, 4.69) is 15.7 Å². The first-order valence-corrected chi connectivity index (χ1v) is 7.65. The van der Waals surface area contributed by atoms with Crippen LogP contribution in [0.15, 0.2) is 29.4 Å². The van der Waals surface area contributed by atoms with Crippen LogP contribution >= 0.6 is 12.4 Å². The summed E-state index contributed by atoms with van der Waals surface area (Å²) in [6, 6.07) is 5.88. The number of carboxylic acid groups (broad SMARTS) is 1. The van der Waals surface area contributed by atoms with Gasteiger partial charge in [-0.2, -0.15) is 5.10 Å². The highest BCUT2D eigenvalue weighted by Gasteiger charge is 2.16. The van der Waals surface area contributed by atoms with Crippen molar-refractivity contribution in [3.63, 3.8) is 0 Å². The van der Waals surface area contributed by atoms with Crippen molar-refractivity contribution < 1.29 is 24.2 Å². The number of carbonyl (C=O) groups is 3. The van der Waals surface area contributed by atoms with E-state index < -0.39 is 12.0 Å². The molecule has 1 atom stereocenters. The van der Waals surface area contributed by atoms with Gasteiger partial charge in [0, 0.05) is 18.7 Å². The number of ether oxygens (including phenoxy) is 1. The van der Waals surface area contributed by atoms with E-state index in [0.717, 1.165) is 5.56 Å². The maximum absolute atomic E-state index is 12.1. The highest BCUT2D eigenvalue weighted by molar-refractivity contribution is 5.97. The largest absolute Gasteiger partial charge is 0.480 e. The number of benzene rings is 1. The van der Waals surface area contributed by atoms with Crippen LogP contribution in [0.5, 0.6) is 0 Å². The van der Waals surface area contributed by atoms with E-state index in [0.29, 0.717) is 18.5 Å². The number of nitrogens with zero attached hydrogens (tertiary/aromatic N) is 1. The third kappa shape index (κ3) is 9.00. The maximum atomic E-state index is 12.1. The summed E-state index contributed by atoms with van der Waals surface area (Å²) in [5, 5.41) is 17.0. The zero-order valence-corrected chi connectivity index (χ0v) is 15.1. The summed E-state index contributed by atoms with van der Waals surface area (Å²) in [4.78, 5) is 34.2. The first-order valence-electron chi connectivity index (χ1n) is 7.65. The van der Waals surface area contributed by atoms with Gasteiger partial charge in [0.25, 0.3) is 5.91 Å². The van der Waals surface area contributed by atoms with Gasteiger partial charge < -0.3 is 26.3 Å². The Morgan fingerprint density at radius 1 is 1.31 bits per heavy atom. The lowest BCUT2D eigenvalue weighted by Gasteiger charge is -2.14. The van der Waals surface area contributed by atoms with E-state index in [1.165, 1.54) is 6.21 Å². The lowest BCUT2D eigenvalue weighted by molar-refractivity contribution is -0.142. The Bertz CT molecular complexity index is 622. The minimum absolute atomic E-state index is 0. The number of rotatable bonds is 10. The van der Waals surface area contributed by atoms with Gasteiger partial charge in [0.1, 0.15) is 12.6 Å². The molecule has 0 bridgehead atoms. The number of hydrogen-bond acceptors (Lipinski definition) is 6. The fourth-order valence-corrected chi connectivity index (χ4v) is 1.85. The van der Waals surface area contributed by atoms with E-state index in [-0.39, 0.29) is 37.4 Å². The monoisotopic (exact) mass is 386 g/mol. The lowest BCUT2D eigenvalue weighted by atomic mass is 10.1. The highest BCUT2D eigenvalue weighted by Crippen LogP contribution is 2.03. The van der Waals surface area contributed by atoms with Crippen molar-refractivity contribution in [1.82, 2.24) is 10.6 Å². The minimum Gasteiger partial charge on any atom is -0.480 e. The van der Waals surface area contributed by atoms with Crippen LogP contribution in [0, 0.1) is 0 Å². The Morgan fingerprint density at radius 2 is 1.96 bits per heavy atom. The topological polar surface area (TPSA) is 143 Å². The number of carboxylic acids is 1. The number of hydrazone groups is 1. The molecule has 1 unspecified atom stereocenters. The third-order valence-corrected chi connectivity index (χ3v) is 3.13. The van der Waals surface area contributed by atoms with Crippen LogP contribution in [0.4, 0.5) is 0 Å². The fourth-order valence-electron chi connectivity index (χ4n) is 1.85. The second-order valence-corrected chi connectivity index (χ2v) is 5.19. The Kier molecular flexibility index (Phi) is 11.4. The molecule has 9 nitrogen and oxygen atoms in total. The summed E-state index contributed by atoms with van der Waals surface area (Å²) in [6.07, 6.45) is 1.93. The fraction of sp³-hybridized carbons (Fsp3) is 0.375. The number of aliphatic carboxylic acids is 1. The number of nitrogens with one attached hydrogen (secondary N) is 2. The molecule has 1 aromatic rings. The molecule has 26 heavy (non-hydrogen) atoms. The molecule has 0 fully saturated rings. The molecule has 0 saturated carbocycles. The van der Waals surface area contributed by atoms with Crippen molar-refractivity contribution in [3.8, 4) is 0 Å². The molecule has 1 aromatic carbocycles. The first kappa shape index (κ1) is 23.4. The molecule has 144 valence electrons. The molecule has 0 aromatic heterocycles. The van der Waals surface area contributed by atoms with Gasteiger partial charge in [-0.3, -0.25) is 9.59 Å². The molecule has 0 spiro atoms. The summed E-state index contributed by atoms with van der Waals surface area (Å²) < 4.78 is 4.85. The van der Waals surface area contributed by atoms with Gasteiger partial charge in [0.2, 0.25) is 5.91 Å². The molecule has 0 aliphatic heterocycles. The van der Waals surface area contributed by atoms with E-state index in [1.807, 2.05) is 0 Å². The van der Waals surface area contributed by atoms with Gasteiger partial charge in [0.05, 0.1) is 6.21 Å². The second kappa shape index (κ2) is 12.7. The van der Waals surface area contributed by atoms with Crippen LogP contribution in [0.1, 0.15) is 29.3 Å². The number of amides is 2. The van der Waals surface area contributed by atoms with Gasteiger partial charge in [-0.1, -0.05) is 12.1 Å². The van der Waals surface area contributed by atoms with Crippen LogP contribution in [0.3, 0.4) is 0 Å². The Morgan fingerprint density at radius 3 is 2.54 bits per heavy atom. The van der Waals surface area contributed by atoms with Crippen molar-refractivity contribution in [2.75, 3.05) is 19.8 Å². The van der Waals surface area contributed by atoms with Crippen molar-refractivity contribution in [2.45, 2.75) is 19.4 Å². The number of hydrogen-bond donors (Lipinski definition) is 4. The standard InChI is InChI=1S/C16H22N4O5.ClH/c1-11(15(23)18-7-2-8-25-10-14(21)22)20-16(24)13-5-3-12(4-6-13)9-19-17;/h3-6,9,11H,2,7-8,10,17H2,1H3,(H,18,23)(H,20,24)(H,21,22);1H. The normalized spacial score (nSPS) is 11.4. The van der Waals surface area contributed by atoms with Crippen LogP contribution in [0.2, 0.25) is 0 Å². The molecule has 0 saturated heterocycles. The Balaban J connectivity index is 0.00000625. The van der Waals surface area contributed by atoms with Gasteiger partial charge in [0.15, 0.2) is 0 Å². The molecule has 5 N–H and O–H groups in total. The van der Waals surface area contributed by atoms with Crippen molar-refractivity contribution in [3.05, 3.63) is 35.4 Å². The van der Waals surface area contributed by atoms with Gasteiger partial charge >= 0.3 is 5.97 Å². The van der Waals surface area contributed by atoms with Gasteiger partial charge in [-0.15, -0.1) is 12.4 Å². The summed E-state index contributed by atoms with van der Waals surface area (Å²) in [7, 11) is 0. The molecule has 1 rings (SSSR count). The van der Waals surface area contributed by atoms with E-state index in [9.17, 15) is 14.4 Å². The van der Waals surface area contributed by atoms with Crippen molar-refractivity contribution >= 4 is 36.4 Å². The maximum Gasteiger partial charge on any atom is 0.329 e. The van der Waals surface area contributed by atoms with Gasteiger partial charge in [-0.25, -0.2) is 4.79 Å². The lowest BCUT2D eigenvalue weighted by Crippen LogP contribution is -2.45. The average Bonchev–Trinajstić information content (AvgIpc) is 2.58. The van der Waals surface area contributed by atoms with Crippen LogP contribution in [-0.2, 0) is 14.3 Å². The Hall–Kier alpha value is -2.65. The van der Waals surface area contributed by atoms with Crippen molar-refractivity contribution in [1.29, 1.82) is 0 Å². The van der Waals surface area contributed by atoms with Gasteiger partial charge in [-0.05, 0) is 31.0 Å². The summed E-state index contributed by atoms with van der Waals surface area (Å²) in [6.45, 7) is 1.76. The van der Waals surface area contributed by atoms with E-state index >= 15 is 0 Å². The minimum atomic E-state index is -1.04. The smallest absolute Gasteiger partial charge is 0.329 e. The first-order chi connectivity index (χ1) is 11.9. The van der Waals surface area contributed by atoms with Crippen LogP contribution in [0.25, 0.3) is 0 Å². The number of carbonyl (C=O) groups excluding carboxylic acids is 2. The zero-order chi connectivity index (χ0) is 18.7. The number of halogens is 1. The van der Waals surface area contributed by atoms with E-state index in [1.54, 1.807) is 31.2 Å². The summed E-state index contributed by atoms with van der Waals surface area (Å²) in [5.41, 5.74) is 1.17. The predicted octanol–water partition coefficient (Wildman–Crippen LogP) is 0.127. The molecule has 10 heteroatoms. The molecule has 2 amide bonds. The van der Waals surface area contributed by atoms with E-state index in [4.69, 9.17) is 15.7 Å². The van der Waals surface area contributed by atoms with Crippen LogP contribution in [-0.4, -0.2) is 54.9 Å². The zero-order valence-electron chi connectivity index (χ0n) is 14.3. The summed E-state index contributed by atoms with van der Waals surface area (Å²) >= 11 is 0. The molecule has 0 aliphatic rings. The molecule has 0 radical (unpaired) electrons. The second-order valence-electron chi connectivity index (χ2n) is 5.19. The summed E-state index contributed by atoms with van der Waals surface area (Å²) in [5.74, 6) is 3.30. The molecular formula is C16H23ClN4O5. The SMILES string of the molecule is CC(NC(=O)c1ccc(C=NN)cc1)C(=O)NCCCOCC(=O)O.Cl. The average molecular weight is 387 g/mol. The third-order valence-electron chi connectivity index (χ3n) is 3.13. The highest BCUT2D eigenvalue weighted by atomic mass is 35.5.